The molecule has 0 unspecified atom stereocenters. The minimum atomic E-state index is 0.0923. The fraction of sp³-hybridized carbons (Fsp3) is 0.231. The van der Waals surface area contributed by atoms with Gasteiger partial charge in [-0.3, -0.25) is 0 Å². The maximum Gasteiger partial charge on any atom is 0.114 e. The molecule has 0 radical (unpaired) electrons. The summed E-state index contributed by atoms with van der Waals surface area (Å²) in [5.74, 6) is 0.960. The van der Waals surface area contributed by atoms with Crippen LogP contribution in [0.15, 0.2) is 50.8 Å². The summed E-state index contributed by atoms with van der Waals surface area (Å²) in [4.78, 5) is 2.36. The van der Waals surface area contributed by atoms with Crippen LogP contribution in [-0.2, 0) is 0 Å². The second-order valence-electron chi connectivity index (χ2n) is 3.80. The molecule has 0 spiro atoms. The molecule has 0 bridgehead atoms. The minimum absolute atomic E-state index is 0.0923. The Morgan fingerprint density at radius 3 is 2.38 bits per heavy atom. The summed E-state index contributed by atoms with van der Waals surface area (Å²) in [6.07, 6.45) is 1.72. The molecular weight excluding hydrogens is 218 g/mol. The maximum absolute atomic E-state index is 5.80. The highest BCUT2D eigenvalue weighted by Crippen LogP contribution is 2.31. The molecule has 2 nitrogen and oxygen atoms in total. The standard InChI is InChI=1S/C13H15NOS/c1-9(14)11-3-5-12(6-4-11)16-13-7-8-15-10(13)2/h3-9H,14H2,1-2H3/t9-/m1/s1. The molecule has 84 valence electrons. The van der Waals surface area contributed by atoms with Crippen LogP contribution in [0.3, 0.4) is 0 Å². The third-order valence-electron chi connectivity index (χ3n) is 2.44. The Bertz CT molecular complexity index is 459. The summed E-state index contributed by atoms with van der Waals surface area (Å²) < 4.78 is 5.26. The van der Waals surface area contributed by atoms with Crippen LogP contribution in [0.5, 0.6) is 0 Å². The van der Waals surface area contributed by atoms with Crippen molar-refractivity contribution in [2.24, 2.45) is 5.73 Å². The van der Waals surface area contributed by atoms with Crippen LogP contribution in [0.25, 0.3) is 0 Å². The molecular formula is C13H15NOS. The molecule has 2 aromatic rings. The first-order chi connectivity index (χ1) is 7.66. The highest BCUT2D eigenvalue weighted by Gasteiger charge is 2.04. The predicted molar refractivity (Wildman–Crippen MR) is 66.6 cm³/mol. The Hall–Kier alpha value is -1.19. The molecule has 0 saturated carbocycles. The van der Waals surface area contributed by atoms with Crippen molar-refractivity contribution in [3.8, 4) is 0 Å². The van der Waals surface area contributed by atoms with Gasteiger partial charge in [0.15, 0.2) is 0 Å². The smallest absolute Gasteiger partial charge is 0.114 e. The zero-order valence-corrected chi connectivity index (χ0v) is 10.3. The van der Waals surface area contributed by atoms with Crippen molar-refractivity contribution >= 4 is 11.8 Å². The molecule has 0 saturated heterocycles. The Balaban J connectivity index is 2.14. The van der Waals surface area contributed by atoms with Crippen LogP contribution in [0.4, 0.5) is 0 Å². The minimum Gasteiger partial charge on any atom is -0.468 e. The van der Waals surface area contributed by atoms with Gasteiger partial charge in [0.05, 0.1) is 11.2 Å². The lowest BCUT2D eigenvalue weighted by Crippen LogP contribution is -2.04. The van der Waals surface area contributed by atoms with Gasteiger partial charge in [0.1, 0.15) is 5.76 Å². The van der Waals surface area contributed by atoms with E-state index in [2.05, 4.69) is 24.3 Å². The van der Waals surface area contributed by atoms with Crippen molar-refractivity contribution in [1.29, 1.82) is 0 Å². The van der Waals surface area contributed by atoms with E-state index in [0.29, 0.717) is 0 Å². The monoisotopic (exact) mass is 233 g/mol. The van der Waals surface area contributed by atoms with E-state index in [1.807, 2.05) is 19.9 Å². The Labute approximate surface area is 99.8 Å². The van der Waals surface area contributed by atoms with Crippen molar-refractivity contribution in [2.75, 3.05) is 0 Å². The van der Waals surface area contributed by atoms with Gasteiger partial charge in [-0.2, -0.15) is 0 Å². The fourth-order valence-electron chi connectivity index (χ4n) is 1.45. The summed E-state index contributed by atoms with van der Waals surface area (Å²) in [6, 6.07) is 10.4. The summed E-state index contributed by atoms with van der Waals surface area (Å²) in [7, 11) is 0. The van der Waals surface area contributed by atoms with Gasteiger partial charge in [0.2, 0.25) is 0 Å². The second-order valence-corrected chi connectivity index (χ2v) is 4.92. The van der Waals surface area contributed by atoms with E-state index in [9.17, 15) is 0 Å². The average Bonchev–Trinajstić information content (AvgIpc) is 2.65. The van der Waals surface area contributed by atoms with Gasteiger partial charge in [-0.1, -0.05) is 23.9 Å². The topological polar surface area (TPSA) is 39.2 Å². The van der Waals surface area contributed by atoms with E-state index in [4.69, 9.17) is 10.2 Å². The molecule has 0 aliphatic rings. The van der Waals surface area contributed by atoms with Crippen molar-refractivity contribution < 1.29 is 4.42 Å². The lowest BCUT2D eigenvalue weighted by molar-refractivity contribution is 0.527. The van der Waals surface area contributed by atoms with E-state index in [-0.39, 0.29) is 6.04 Å². The highest BCUT2D eigenvalue weighted by molar-refractivity contribution is 7.99. The van der Waals surface area contributed by atoms with Crippen LogP contribution in [0.1, 0.15) is 24.3 Å². The van der Waals surface area contributed by atoms with E-state index in [1.165, 1.54) is 4.90 Å². The Morgan fingerprint density at radius 2 is 1.88 bits per heavy atom. The second kappa shape index (κ2) is 4.76. The molecule has 2 N–H and O–H groups in total. The normalized spacial score (nSPS) is 12.7. The lowest BCUT2D eigenvalue weighted by atomic mass is 10.1. The highest BCUT2D eigenvalue weighted by atomic mass is 32.2. The summed E-state index contributed by atoms with van der Waals surface area (Å²) >= 11 is 1.71. The molecule has 0 fully saturated rings. The molecule has 1 atom stereocenters. The average molecular weight is 233 g/mol. The van der Waals surface area contributed by atoms with Gasteiger partial charge in [-0.25, -0.2) is 0 Å². The quantitative estimate of drug-likeness (QED) is 0.877. The van der Waals surface area contributed by atoms with Gasteiger partial charge in [0, 0.05) is 10.9 Å². The van der Waals surface area contributed by atoms with Gasteiger partial charge in [0.25, 0.3) is 0 Å². The molecule has 2 rings (SSSR count). The predicted octanol–water partition coefficient (Wildman–Crippen LogP) is 3.76. The molecule has 0 aliphatic heterocycles. The SMILES string of the molecule is Cc1occc1Sc1ccc([C@@H](C)N)cc1. The van der Waals surface area contributed by atoms with Crippen molar-refractivity contribution in [3.63, 3.8) is 0 Å². The van der Waals surface area contributed by atoms with Crippen LogP contribution in [-0.4, -0.2) is 0 Å². The van der Waals surface area contributed by atoms with E-state index >= 15 is 0 Å². The zero-order valence-electron chi connectivity index (χ0n) is 9.44. The summed E-state index contributed by atoms with van der Waals surface area (Å²) in [5.41, 5.74) is 6.96. The zero-order chi connectivity index (χ0) is 11.5. The number of nitrogens with two attached hydrogens (primary N) is 1. The number of rotatable bonds is 3. The van der Waals surface area contributed by atoms with Crippen molar-refractivity contribution in [3.05, 3.63) is 47.9 Å². The van der Waals surface area contributed by atoms with E-state index < -0.39 is 0 Å². The van der Waals surface area contributed by atoms with Crippen LogP contribution in [0, 0.1) is 6.92 Å². The molecule has 0 amide bonds. The molecule has 3 heteroatoms. The maximum atomic E-state index is 5.80. The fourth-order valence-corrected chi connectivity index (χ4v) is 2.29. The van der Waals surface area contributed by atoms with E-state index in [0.717, 1.165) is 16.2 Å². The number of benzene rings is 1. The van der Waals surface area contributed by atoms with Crippen molar-refractivity contribution in [2.45, 2.75) is 29.7 Å². The number of hydrogen-bond acceptors (Lipinski definition) is 3. The van der Waals surface area contributed by atoms with Crippen LogP contribution >= 0.6 is 11.8 Å². The Kier molecular flexibility index (Phi) is 3.36. The van der Waals surface area contributed by atoms with Crippen LogP contribution in [0.2, 0.25) is 0 Å². The first-order valence-corrected chi connectivity index (χ1v) is 6.06. The van der Waals surface area contributed by atoms with Gasteiger partial charge >= 0.3 is 0 Å². The first-order valence-electron chi connectivity index (χ1n) is 5.24. The van der Waals surface area contributed by atoms with Crippen LogP contribution < -0.4 is 5.73 Å². The molecule has 0 aliphatic carbocycles. The van der Waals surface area contributed by atoms with E-state index in [1.54, 1.807) is 18.0 Å². The summed E-state index contributed by atoms with van der Waals surface area (Å²) in [6.45, 7) is 3.96. The third-order valence-corrected chi connectivity index (χ3v) is 3.60. The molecule has 1 aromatic heterocycles. The first kappa shape index (κ1) is 11.3. The van der Waals surface area contributed by atoms with Gasteiger partial charge in [-0.05, 0) is 37.6 Å². The largest absolute Gasteiger partial charge is 0.468 e. The van der Waals surface area contributed by atoms with Crippen molar-refractivity contribution in [1.82, 2.24) is 0 Å². The molecule has 16 heavy (non-hydrogen) atoms. The number of furan rings is 1. The van der Waals surface area contributed by atoms with Gasteiger partial charge < -0.3 is 10.2 Å². The number of aryl methyl sites for hydroxylation is 1. The third kappa shape index (κ3) is 2.49. The lowest BCUT2D eigenvalue weighted by Gasteiger charge is -2.06. The molecule has 1 heterocycles. The Morgan fingerprint density at radius 1 is 1.19 bits per heavy atom. The van der Waals surface area contributed by atoms with Gasteiger partial charge in [-0.15, -0.1) is 0 Å². The molecule has 1 aromatic carbocycles. The number of hydrogen-bond donors (Lipinski definition) is 1. The summed E-state index contributed by atoms with van der Waals surface area (Å²) in [5, 5.41) is 0.